The normalized spacial score (nSPS) is 10.4. The maximum absolute atomic E-state index is 4.40. The quantitative estimate of drug-likeness (QED) is 0.926. The zero-order valence-electron chi connectivity index (χ0n) is 9.03. The van der Waals surface area contributed by atoms with Crippen LogP contribution in [0.5, 0.6) is 0 Å². The fourth-order valence-electron chi connectivity index (χ4n) is 1.41. The lowest BCUT2D eigenvalue weighted by Crippen LogP contribution is -2.04. The van der Waals surface area contributed by atoms with Gasteiger partial charge >= 0.3 is 0 Å². The zero-order chi connectivity index (χ0) is 11.4. The van der Waals surface area contributed by atoms with Crippen molar-refractivity contribution in [3.63, 3.8) is 0 Å². The van der Waals surface area contributed by atoms with Gasteiger partial charge < -0.3 is 5.32 Å². The highest BCUT2D eigenvalue weighted by Crippen LogP contribution is 2.27. The molecular formula is C12H13BrN2S. The highest BCUT2D eigenvalue weighted by molar-refractivity contribution is 9.11. The van der Waals surface area contributed by atoms with E-state index < -0.39 is 0 Å². The van der Waals surface area contributed by atoms with E-state index in [1.165, 1.54) is 5.56 Å². The SMILES string of the molecule is Cc1nc(NCCc2ccccc2)sc1Br. The standard InChI is InChI=1S/C12H13BrN2S/c1-9-11(13)16-12(15-9)14-8-7-10-5-3-2-4-6-10/h2-6H,7-8H2,1H3,(H,14,15). The molecule has 0 radical (unpaired) electrons. The van der Waals surface area contributed by atoms with E-state index in [2.05, 4.69) is 50.5 Å². The minimum absolute atomic E-state index is 0.920. The van der Waals surface area contributed by atoms with E-state index in [1.807, 2.05) is 13.0 Å². The van der Waals surface area contributed by atoms with Crippen LogP contribution in [0.25, 0.3) is 0 Å². The van der Waals surface area contributed by atoms with Crippen molar-refractivity contribution in [3.05, 3.63) is 45.4 Å². The number of aryl methyl sites for hydroxylation is 1. The fraction of sp³-hybridized carbons (Fsp3) is 0.250. The Morgan fingerprint density at radius 1 is 1.31 bits per heavy atom. The molecule has 2 rings (SSSR count). The zero-order valence-corrected chi connectivity index (χ0v) is 11.4. The minimum Gasteiger partial charge on any atom is -0.361 e. The van der Waals surface area contributed by atoms with Crippen LogP contribution >= 0.6 is 27.3 Å². The van der Waals surface area contributed by atoms with Crippen molar-refractivity contribution in [2.24, 2.45) is 0 Å². The minimum atomic E-state index is 0.920. The van der Waals surface area contributed by atoms with Crippen molar-refractivity contribution < 1.29 is 0 Å². The van der Waals surface area contributed by atoms with Crippen molar-refractivity contribution in [1.29, 1.82) is 0 Å². The summed E-state index contributed by atoms with van der Waals surface area (Å²) >= 11 is 5.11. The van der Waals surface area contributed by atoms with E-state index in [0.717, 1.165) is 27.6 Å². The Kier molecular flexibility index (Phi) is 3.96. The molecule has 0 fully saturated rings. The van der Waals surface area contributed by atoms with Crippen LogP contribution in [0.15, 0.2) is 34.1 Å². The lowest BCUT2D eigenvalue weighted by atomic mass is 10.2. The molecule has 0 saturated carbocycles. The van der Waals surface area contributed by atoms with E-state index in [4.69, 9.17) is 0 Å². The van der Waals surface area contributed by atoms with Crippen LogP contribution in [0.4, 0.5) is 5.13 Å². The second-order valence-electron chi connectivity index (χ2n) is 3.54. The second-order valence-corrected chi connectivity index (χ2v) is 5.86. The summed E-state index contributed by atoms with van der Waals surface area (Å²) in [6.07, 6.45) is 1.02. The van der Waals surface area contributed by atoms with Gasteiger partial charge in [-0.15, -0.1) is 0 Å². The van der Waals surface area contributed by atoms with Crippen LogP contribution in [0.1, 0.15) is 11.3 Å². The summed E-state index contributed by atoms with van der Waals surface area (Å²) in [5.74, 6) is 0. The van der Waals surface area contributed by atoms with Gasteiger partial charge in [-0.3, -0.25) is 0 Å². The van der Waals surface area contributed by atoms with Crippen LogP contribution in [0.3, 0.4) is 0 Å². The van der Waals surface area contributed by atoms with Gasteiger partial charge in [0.1, 0.15) is 0 Å². The number of nitrogens with zero attached hydrogens (tertiary/aromatic N) is 1. The molecule has 0 aliphatic heterocycles. The molecule has 0 bridgehead atoms. The lowest BCUT2D eigenvalue weighted by molar-refractivity contribution is 1.01. The molecule has 4 heteroatoms. The van der Waals surface area contributed by atoms with Crippen LogP contribution in [0, 0.1) is 6.92 Å². The van der Waals surface area contributed by atoms with Crippen molar-refractivity contribution in [1.82, 2.24) is 4.98 Å². The highest BCUT2D eigenvalue weighted by Gasteiger charge is 2.03. The van der Waals surface area contributed by atoms with Gasteiger partial charge in [0.2, 0.25) is 0 Å². The lowest BCUT2D eigenvalue weighted by Gasteiger charge is -2.02. The largest absolute Gasteiger partial charge is 0.361 e. The molecule has 2 nitrogen and oxygen atoms in total. The van der Waals surface area contributed by atoms with E-state index in [0.29, 0.717) is 0 Å². The second kappa shape index (κ2) is 5.46. The molecule has 84 valence electrons. The molecule has 1 aromatic carbocycles. The number of hydrogen-bond acceptors (Lipinski definition) is 3. The maximum Gasteiger partial charge on any atom is 0.183 e. The Morgan fingerprint density at radius 3 is 2.69 bits per heavy atom. The summed E-state index contributed by atoms with van der Waals surface area (Å²) < 4.78 is 1.11. The summed E-state index contributed by atoms with van der Waals surface area (Å²) in [6.45, 7) is 2.92. The van der Waals surface area contributed by atoms with Gasteiger partial charge in [0, 0.05) is 6.54 Å². The molecule has 0 aliphatic carbocycles. The first kappa shape index (κ1) is 11.6. The highest BCUT2D eigenvalue weighted by atomic mass is 79.9. The van der Waals surface area contributed by atoms with E-state index >= 15 is 0 Å². The van der Waals surface area contributed by atoms with Gasteiger partial charge in [0.15, 0.2) is 5.13 Å². The van der Waals surface area contributed by atoms with E-state index in [1.54, 1.807) is 11.3 Å². The molecule has 0 amide bonds. The van der Waals surface area contributed by atoms with Crippen molar-refractivity contribution >= 4 is 32.4 Å². The number of benzene rings is 1. The molecule has 2 aromatic rings. The third-order valence-electron chi connectivity index (χ3n) is 2.27. The first-order valence-electron chi connectivity index (χ1n) is 5.16. The molecule has 0 unspecified atom stereocenters. The Morgan fingerprint density at radius 2 is 2.06 bits per heavy atom. The van der Waals surface area contributed by atoms with Gasteiger partial charge in [0.05, 0.1) is 9.48 Å². The number of rotatable bonds is 4. The molecular weight excluding hydrogens is 284 g/mol. The molecule has 1 N–H and O–H groups in total. The van der Waals surface area contributed by atoms with Gasteiger partial charge in [-0.05, 0) is 34.8 Å². The number of aromatic nitrogens is 1. The predicted octanol–water partition coefficient (Wildman–Crippen LogP) is 3.87. The van der Waals surface area contributed by atoms with Gasteiger partial charge in [-0.1, -0.05) is 41.7 Å². The third-order valence-corrected chi connectivity index (χ3v) is 4.24. The Bertz CT molecular complexity index is 434. The van der Waals surface area contributed by atoms with Crippen molar-refractivity contribution in [2.75, 3.05) is 11.9 Å². The number of thiazole rings is 1. The molecule has 1 heterocycles. The van der Waals surface area contributed by atoms with Gasteiger partial charge in [-0.2, -0.15) is 0 Å². The molecule has 0 atom stereocenters. The summed E-state index contributed by atoms with van der Waals surface area (Å²) in [7, 11) is 0. The number of hydrogen-bond donors (Lipinski definition) is 1. The molecule has 0 spiro atoms. The molecule has 1 aromatic heterocycles. The average Bonchev–Trinajstić information content (AvgIpc) is 2.60. The third kappa shape index (κ3) is 3.06. The van der Waals surface area contributed by atoms with Crippen LogP contribution < -0.4 is 5.32 Å². The van der Waals surface area contributed by atoms with Crippen LogP contribution in [-0.4, -0.2) is 11.5 Å². The fourth-order valence-corrected chi connectivity index (χ4v) is 2.68. The summed E-state index contributed by atoms with van der Waals surface area (Å²) in [4.78, 5) is 4.40. The molecule has 16 heavy (non-hydrogen) atoms. The Labute approximate surface area is 108 Å². The number of halogens is 1. The van der Waals surface area contributed by atoms with Crippen molar-refractivity contribution in [2.45, 2.75) is 13.3 Å². The monoisotopic (exact) mass is 296 g/mol. The molecule has 0 saturated heterocycles. The topological polar surface area (TPSA) is 24.9 Å². The van der Waals surface area contributed by atoms with E-state index in [9.17, 15) is 0 Å². The molecule has 0 aliphatic rings. The van der Waals surface area contributed by atoms with Gasteiger partial charge in [-0.25, -0.2) is 4.98 Å². The first-order valence-corrected chi connectivity index (χ1v) is 6.77. The Hall–Kier alpha value is -0.870. The predicted molar refractivity (Wildman–Crippen MR) is 73.2 cm³/mol. The average molecular weight is 297 g/mol. The summed E-state index contributed by atoms with van der Waals surface area (Å²) in [5, 5.41) is 4.32. The summed E-state index contributed by atoms with van der Waals surface area (Å²) in [5.41, 5.74) is 2.40. The van der Waals surface area contributed by atoms with E-state index in [-0.39, 0.29) is 0 Å². The van der Waals surface area contributed by atoms with Crippen LogP contribution in [0.2, 0.25) is 0 Å². The smallest absolute Gasteiger partial charge is 0.183 e. The van der Waals surface area contributed by atoms with Gasteiger partial charge in [0.25, 0.3) is 0 Å². The summed E-state index contributed by atoms with van der Waals surface area (Å²) in [6, 6.07) is 10.5. The maximum atomic E-state index is 4.40. The number of anilines is 1. The number of nitrogens with one attached hydrogen (secondary N) is 1. The van der Waals surface area contributed by atoms with Crippen molar-refractivity contribution in [3.8, 4) is 0 Å². The van der Waals surface area contributed by atoms with Crippen LogP contribution in [-0.2, 0) is 6.42 Å². The Balaban J connectivity index is 1.84. The first-order chi connectivity index (χ1) is 7.75.